The number of benzene rings is 3. The Kier molecular flexibility index (Phi) is 6.21. The number of hydrogen-bond acceptors (Lipinski definition) is 5. The average molecular weight is 483 g/mol. The van der Waals surface area contributed by atoms with Crippen LogP contribution in [0, 0.1) is 0 Å². The third-order valence-electron chi connectivity index (χ3n) is 6.59. The minimum atomic E-state index is -0.757. The van der Waals surface area contributed by atoms with E-state index in [2.05, 4.69) is 4.98 Å². The first-order valence-corrected chi connectivity index (χ1v) is 11.6. The van der Waals surface area contributed by atoms with E-state index < -0.39 is 17.7 Å². The number of ether oxygens (including phenoxy) is 2. The number of amides is 1. The topological polar surface area (TPSA) is 91.9 Å². The van der Waals surface area contributed by atoms with Crippen LogP contribution >= 0.6 is 0 Å². The number of Topliss-reactive ketones (excluding diaryl/α,β-unsaturated/α-hetero) is 1. The van der Waals surface area contributed by atoms with Crippen molar-refractivity contribution in [1.82, 2.24) is 9.88 Å². The molecule has 1 unspecified atom stereocenters. The van der Waals surface area contributed by atoms with Gasteiger partial charge in [-0.05, 0) is 47.9 Å². The number of ketones is 1. The van der Waals surface area contributed by atoms with Crippen LogP contribution in [0.25, 0.3) is 16.7 Å². The Balaban J connectivity index is 1.59. The zero-order chi connectivity index (χ0) is 25.2. The number of aromatic nitrogens is 1. The van der Waals surface area contributed by atoms with Gasteiger partial charge < -0.3 is 24.5 Å². The number of carbonyl (C=O) groups excluding carboxylic acids is 2. The molecule has 0 aliphatic carbocycles. The van der Waals surface area contributed by atoms with E-state index in [0.29, 0.717) is 29.8 Å². The molecule has 1 aromatic heterocycles. The molecule has 1 aliphatic rings. The number of nitrogens with zero attached hydrogens (tertiary/aromatic N) is 1. The molecule has 1 atom stereocenters. The molecule has 3 aromatic carbocycles. The van der Waals surface area contributed by atoms with Crippen LogP contribution in [0.5, 0.6) is 11.5 Å². The molecule has 0 spiro atoms. The molecule has 5 rings (SSSR count). The SMILES string of the molecule is COc1ccc(CCN2C(=O)C(=O)/C(=C(\O)c3c[nH]c4ccccc34)C2c2cccc(OC)c2)cc1. The molecule has 0 radical (unpaired) electrons. The molecule has 7 nitrogen and oxygen atoms in total. The first-order chi connectivity index (χ1) is 17.5. The standard InChI is InChI=1S/C29H26N2O5/c1-35-20-12-10-18(11-13-20)14-15-31-26(19-6-5-7-21(16-19)36-2)25(28(33)29(31)34)27(32)23-17-30-24-9-4-3-8-22(23)24/h3-13,16-17,26,30,32H,14-15H2,1-2H3/b27-25-. The fourth-order valence-corrected chi connectivity index (χ4v) is 4.72. The lowest BCUT2D eigenvalue weighted by atomic mass is 9.95. The van der Waals surface area contributed by atoms with Crippen LogP contribution in [0.2, 0.25) is 0 Å². The van der Waals surface area contributed by atoms with Gasteiger partial charge in [-0.3, -0.25) is 9.59 Å². The normalized spacial score (nSPS) is 17.1. The number of aliphatic hydroxyl groups is 1. The monoisotopic (exact) mass is 482 g/mol. The Morgan fingerprint density at radius 2 is 1.69 bits per heavy atom. The van der Waals surface area contributed by atoms with Crippen LogP contribution in [0.4, 0.5) is 0 Å². The summed E-state index contributed by atoms with van der Waals surface area (Å²) < 4.78 is 10.6. The number of hydrogen-bond donors (Lipinski definition) is 2. The minimum Gasteiger partial charge on any atom is -0.507 e. The van der Waals surface area contributed by atoms with Gasteiger partial charge >= 0.3 is 0 Å². The van der Waals surface area contributed by atoms with Gasteiger partial charge in [0.1, 0.15) is 17.3 Å². The number of para-hydroxylation sites is 1. The summed E-state index contributed by atoms with van der Waals surface area (Å²) in [5, 5.41) is 12.2. The van der Waals surface area contributed by atoms with Crippen LogP contribution in [-0.4, -0.2) is 47.4 Å². The maximum absolute atomic E-state index is 13.4. The third kappa shape index (κ3) is 4.09. The van der Waals surface area contributed by atoms with Gasteiger partial charge in [-0.1, -0.05) is 42.5 Å². The van der Waals surface area contributed by atoms with Gasteiger partial charge in [0.05, 0.1) is 25.8 Å². The molecule has 4 aromatic rings. The zero-order valence-electron chi connectivity index (χ0n) is 20.0. The number of rotatable bonds is 7. The summed E-state index contributed by atoms with van der Waals surface area (Å²) in [6.45, 7) is 0.295. The van der Waals surface area contributed by atoms with Crippen LogP contribution < -0.4 is 9.47 Å². The average Bonchev–Trinajstić information content (AvgIpc) is 3.46. The predicted octanol–water partition coefficient (Wildman–Crippen LogP) is 4.85. The molecule has 36 heavy (non-hydrogen) atoms. The summed E-state index contributed by atoms with van der Waals surface area (Å²) in [6.07, 6.45) is 2.19. The van der Waals surface area contributed by atoms with E-state index in [9.17, 15) is 14.7 Å². The van der Waals surface area contributed by atoms with Gasteiger partial charge in [-0.15, -0.1) is 0 Å². The van der Waals surface area contributed by atoms with E-state index in [4.69, 9.17) is 9.47 Å². The van der Waals surface area contributed by atoms with Crippen LogP contribution in [0.3, 0.4) is 0 Å². The van der Waals surface area contributed by atoms with E-state index in [-0.39, 0.29) is 11.3 Å². The molecule has 7 heteroatoms. The van der Waals surface area contributed by atoms with Crippen molar-refractivity contribution in [3.8, 4) is 11.5 Å². The van der Waals surface area contributed by atoms with E-state index in [1.165, 1.54) is 4.90 Å². The minimum absolute atomic E-state index is 0.0627. The second kappa shape index (κ2) is 9.62. The molecule has 2 N–H and O–H groups in total. The number of fused-ring (bicyclic) bond motifs is 1. The Bertz CT molecular complexity index is 1470. The molecule has 1 fully saturated rings. The van der Waals surface area contributed by atoms with E-state index in [1.54, 1.807) is 32.5 Å². The predicted molar refractivity (Wildman–Crippen MR) is 137 cm³/mol. The highest BCUT2D eigenvalue weighted by Gasteiger charge is 2.46. The molecule has 1 aliphatic heterocycles. The second-order valence-corrected chi connectivity index (χ2v) is 8.62. The Labute approximate surface area is 208 Å². The maximum Gasteiger partial charge on any atom is 0.295 e. The van der Waals surface area contributed by atoms with E-state index >= 15 is 0 Å². The fraction of sp³-hybridized carbons (Fsp3) is 0.172. The highest BCUT2D eigenvalue weighted by atomic mass is 16.5. The van der Waals surface area contributed by atoms with Gasteiger partial charge in [0.25, 0.3) is 11.7 Å². The first-order valence-electron chi connectivity index (χ1n) is 11.6. The van der Waals surface area contributed by atoms with Crippen LogP contribution in [0.1, 0.15) is 22.7 Å². The van der Waals surface area contributed by atoms with Crippen molar-refractivity contribution in [3.63, 3.8) is 0 Å². The molecule has 0 saturated carbocycles. The first kappa shape index (κ1) is 23.2. The lowest BCUT2D eigenvalue weighted by molar-refractivity contribution is -0.139. The van der Waals surface area contributed by atoms with E-state index in [1.807, 2.05) is 60.7 Å². The Morgan fingerprint density at radius 1 is 0.944 bits per heavy atom. The zero-order valence-corrected chi connectivity index (χ0v) is 20.0. The van der Waals surface area contributed by atoms with Gasteiger partial charge in [-0.2, -0.15) is 0 Å². The highest BCUT2D eigenvalue weighted by Crippen LogP contribution is 2.41. The largest absolute Gasteiger partial charge is 0.507 e. The summed E-state index contributed by atoms with van der Waals surface area (Å²) in [7, 11) is 3.17. The van der Waals surface area contributed by atoms with Crippen LogP contribution in [0.15, 0.2) is 84.6 Å². The number of H-pyrrole nitrogens is 1. The van der Waals surface area contributed by atoms with E-state index in [0.717, 1.165) is 22.2 Å². The summed E-state index contributed by atoms with van der Waals surface area (Å²) >= 11 is 0. The lowest BCUT2D eigenvalue weighted by Gasteiger charge is -2.25. The van der Waals surface area contributed by atoms with Crippen molar-refractivity contribution >= 4 is 28.4 Å². The van der Waals surface area contributed by atoms with Crippen molar-refractivity contribution in [1.29, 1.82) is 0 Å². The third-order valence-corrected chi connectivity index (χ3v) is 6.59. The molecule has 1 amide bonds. The quantitative estimate of drug-likeness (QED) is 0.223. The van der Waals surface area contributed by atoms with Crippen molar-refractivity contribution in [2.45, 2.75) is 12.5 Å². The summed E-state index contributed by atoms with van der Waals surface area (Å²) in [4.78, 5) is 31.3. The molecule has 182 valence electrons. The van der Waals surface area contributed by atoms with Crippen molar-refractivity contribution in [3.05, 3.63) is 101 Å². The number of aromatic amines is 1. The Hall–Kier alpha value is -4.52. The number of methoxy groups -OCH3 is 2. The number of carbonyl (C=O) groups is 2. The Morgan fingerprint density at radius 3 is 2.44 bits per heavy atom. The van der Waals surface area contributed by atoms with Crippen molar-refractivity contribution in [2.75, 3.05) is 20.8 Å². The summed E-state index contributed by atoms with van der Waals surface area (Å²) in [6, 6.07) is 21.6. The van der Waals surface area contributed by atoms with Crippen LogP contribution in [-0.2, 0) is 16.0 Å². The summed E-state index contributed by atoms with van der Waals surface area (Å²) in [5.74, 6) is -0.210. The number of nitrogens with one attached hydrogen (secondary N) is 1. The molecular formula is C29H26N2O5. The van der Waals surface area contributed by atoms with Crippen molar-refractivity contribution in [2.24, 2.45) is 0 Å². The smallest absolute Gasteiger partial charge is 0.295 e. The highest BCUT2D eigenvalue weighted by molar-refractivity contribution is 6.46. The lowest BCUT2D eigenvalue weighted by Crippen LogP contribution is -2.31. The van der Waals surface area contributed by atoms with Gasteiger partial charge in [0.2, 0.25) is 0 Å². The maximum atomic E-state index is 13.4. The second-order valence-electron chi connectivity index (χ2n) is 8.62. The van der Waals surface area contributed by atoms with Gasteiger partial charge in [-0.25, -0.2) is 0 Å². The molecule has 0 bridgehead atoms. The fourth-order valence-electron chi connectivity index (χ4n) is 4.72. The summed E-state index contributed by atoms with van der Waals surface area (Å²) in [5.41, 5.74) is 3.05. The number of aliphatic hydroxyl groups excluding tert-OH is 1. The molecular weight excluding hydrogens is 456 g/mol. The molecule has 2 heterocycles. The van der Waals surface area contributed by atoms with Gasteiger partial charge in [0.15, 0.2) is 0 Å². The molecule has 1 saturated heterocycles. The van der Waals surface area contributed by atoms with Crippen molar-refractivity contribution < 1.29 is 24.2 Å². The number of likely N-dealkylation sites (tertiary alicyclic amines) is 1. The van der Waals surface area contributed by atoms with Gasteiger partial charge in [0, 0.05) is 29.2 Å².